The second-order valence-electron chi connectivity index (χ2n) is 6.86. The number of hydrogen-bond acceptors (Lipinski definition) is 4. The van der Waals surface area contributed by atoms with Crippen LogP contribution in [0.25, 0.3) is 0 Å². The third-order valence-corrected chi connectivity index (χ3v) is 6.71. The Balaban J connectivity index is 1.70. The number of anilines is 1. The van der Waals surface area contributed by atoms with E-state index in [0.29, 0.717) is 30.9 Å². The molecule has 0 atom stereocenters. The maximum absolute atomic E-state index is 12.7. The zero-order valence-electron chi connectivity index (χ0n) is 16.3. The SMILES string of the molecule is CCOc1ccc(C(=O)Nc2ccc(S(=O)(=O)N3CCCCC3)cc2)cc1C. The molecule has 1 aliphatic rings. The van der Waals surface area contributed by atoms with Gasteiger partial charge in [-0.25, -0.2) is 8.42 Å². The molecule has 0 bridgehead atoms. The van der Waals surface area contributed by atoms with Gasteiger partial charge in [0.25, 0.3) is 5.91 Å². The lowest BCUT2D eigenvalue weighted by Crippen LogP contribution is -2.35. The van der Waals surface area contributed by atoms with Crippen LogP contribution in [-0.2, 0) is 10.0 Å². The predicted octanol–water partition coefficient (Wildman–Crippen LogP) is 3.82. The van der Waals surface area contributed by atoms with Gasteiger partial charge in [0.15, 0.2) is 0 Å². The van der Waals surface area contributed by atoms with Crippen LogP contribution in [-0.4, -0.2) is 38.3 Å². The molecule has 150 valence electrons. The van der Waals surface area contributed by atoms with E-state index in [0.717, 1.165) is 30.6 Å². The Morgan fingerprint density at radius 1 is 1.07 bits per heavy atom. The zero-order valence-corrected chi connectivity index (χ0v) is 17.1. The Kier molecular flexibility index (Phi) is 6.36. The summed E-state index contributed by atoms with van der Waals surface area (Å²) in [6.45, 7) is 5.51. The summed E-state index contributed by atoms with van der Waals surface area (Å²) in [5.41, 5.74) is 1.96. The molecule has 1 heterocycles. The first-order chi connectivity index (χ1) is 13.4. The number of carbonyl (C=O) groups excluding carboxylic acids is 1. The van der Waals surface area contributed by atoms with Crippen molar-refractivity contribution in [1.82, 2.24) is 4.31 Å². The number of rotatable bonds is 6. The molecule has 0 radical (unpaired) electrons. The van der Waals surface area contributed by atoms with Crippen LogP contribution >= 0.6 is 0 Å². The van der Waals surface area contributed by atoms with Crippen LogP contribution < -0.4 is 10.1 Å². The first-order valence-electron chi connectivity index (χ1n) is 9.57. The third-order valence-electron chi connectivity index (χ3n) is 4.80. The van der Waals surface area contributed by atoms with Gasteiger partial charge in [0.05, 0.1) is 11.5 Å². The van der Waals surface area contributed by atoms with Gasteiger partial charge in [0.2, 0.25) is 10.0 Å². The van der Waals surface area contributed by atoms with Gasteiger partial charge in [-0.05, 0) is 74.7 Å². The molecule has 0 unspecified atom stereocenters. The molecule has 0 saturated carbocycles. The van der Waals surface area contributed by atoms with E-state index in [9.17, 15) is 13.2 Å². The van der Waals surface area contributed by atoms with Gasteiger partial charge < -0.3 is 10.1 Å². The summed E-state index contributed by atoms with van der Waals surface area (Å²) < 4.78 is 32.4. The average molecular weight is 403 g/mol. The standard InChI is InChI=1S/C21H26N2O4S/c1-3-27-20-12-7-17(15-16(20)2)21(24)22-18-8-10-19(11-9-18)28(25,26)23-13-5-4-6-14-23/h7-12,15H,3-6,13-14H2,1-2H3,(H,22,24). The summed E-state index contributed by atoms with van der Waals surface area (Å²) in [6, 6.07) is 11.6. The second kappa shape index (κ2) is 8.75. The molecule has 1 amide bonds. The molecule has 3 rings (SSSR count). The summed E-state index contributed by atoms with van der Waals surface area (Å²) in [5, 5.41) is 2.81. The molecule has 6 nitrogen and oxygen atoms in total. The van der Waals surface area contributed by atoms with Crippen molar-refractivity contribution in [3.05, 3.63) is 53.6 Å². The second-order valence-corrected chi connectivity index (χ2v) is 8.79. The Bertz CT molecular complexity index is 933. The Labute approximate surface area is 166 Å². The smallest absolute Gasteiger partial charge is 0.255 e. The Hall–Kier alpha value is -2.38. The minimum absolute atomic E-state index is 0.252. The first-order valence-corrected chi connectivity index (χ1v) is 11.0. The highest BCUT2D eigenvalue weighted by atomic mass is 32.2. The van der Waals surface area contributed by atoms with Crippen LogP contribution in [0.4, 0.5) is 5.69 Å². The van der Waals surface area contributed by atoms with E-state index in [2.05, 4.69) is 5.32 Å². The Morgan fingerprint density at radius 2 is 1.75 bits per heavy atom. The number of hydrogen-bond donors (Lipinski definition) is 1. The molecule has 1 saturated heterocycles. The molecular weight excluding hydrogens is 376 g/mol. The van der Waals surface area contributed by atoms with Crippen molar-refractivity contribution < 1.29 is 17.9 Å². The topological polar surface area (TPSA) is 75.7 Å². The van der Waals surface area contributed by atoms with E-state index < -0.39 is 10.0 Å². The largest absolute Gasteiger partial charge is 0.494 e. The van der Waals surface area contributed by atoms with Crippen LogP contribution in [0.3, 0.4) is 0 Å². The number of aryl methyl sites for hydroxylation is 1. The highest BCUT2D eigenvalue weighted by molar-refractivity contribution is 7.89. The van der Waals surface area contributed by atoms with E-state index >= 15 is 0 Å². The number of amides is 1. The molecule has 1 aliphatic heterocycles. The average Bonchev–Trinajstić information content (AvgIpc) is 2.70. The fourth-order valence-electron chi connectivity index (χ4n) is 3.28. The monoisotopic (exact) mass is 402 g/mol. The summed E-state index contributed by atoms with van der Waals surface area (Å²) in [7, 11) is -3.47. The summed E-state index contributed by atoms with van der Waals surface area (Å²) >= 11 is 0. The quantitative estimate of drug-likeness (QED) is 0.797. The van der Waals surface area contributed by atoms with Gasteiger partial charge in [-0.3, -0.25) is 4.79 Å². The number of carbonyl (C=O) groups is 1. The number of nitrogens with one attached hydrogen (secondary N) is 1. The lowest BCUT2D eigenvalue weighted by Gasteiger charge is -2.25. The fourth-order valence-corrected chi connectivity index (χ4v) is 4.79. The van der Waals surface area contributed by atoms with Crippen LogP contribution in [0.5, 0.6) is 5.75 Å². The maximum atomic E-state index is 12.7. The minimum Gasteiger partial charge on any atom is -0.494 e. The van der Waals surface area contributed by atoms with Crippen molar-refractivity contribution >= 4 is 21.6 Å². The van der Waals surface area contributed by atoms with Gasteiger partial charge in [0.1, 0.15) is 5.75 Å². The van der Waals surface area contributed by atoms with E-state index in [4.69, 9.17) is 4.74 Å². The van der Waals surface area contributed by atoms with Crippen molar-refractivity contribution in [2.45, 2.75) is 38.0 Å². The molecule has 0 aliphatic carbocycles. The van der Waals surface area contributed by atoms with Crippen molar-refractivity contribution in [2.75, 3.05) is 25.0 Å². The van der Waals surface area contributed by atoms with Gasteiger partial charge in [0, 0.05) is 24.3 Å². The van der Waals surface area contributed by atoms with Crippen molar-refractivity contribution in [3.63, 3.8) is 0 Å². The molecule has 2 aromatic rings. The highest BCUT2D eigenvalue weighted by Gasteiger charge is 2.25. The molecule has 28 heavy (non-hydrogen) atoms. The molecule has 1 fully saturated rings. The van der Waals surface area contributed by atoms with Crippen LogP contribution in [0, 0.1) is 6.92 Å². The van der Waals surface area contributed by atoms with Crippen molar-refractivity contribution in [2.24, 2.45) is 0 Å². The molecule has 0 aromatic heterocycles. The van der Waals surface area contributed by atoms with Gasteiger partial charge >= 0.3 is 0 Å². The zero-order chi connectivity index (χ0) is 20.1. The van der Waals surface area contributed by atoms with Gasteiger partial charge in [-0.15, -0.1) is 0 Å². The van der Waals surface area contributed by atoms with Gasteiger partial charge in [-0.1, -0.05) is 6.42 Å². The molecule has 2 aromatic carbocycles. The summed E-state index contributed by atoms with van der Waals surface area (Å²) in [6.07, 6.45) is 2.87. The van der Waals surface area contributed by atoms with E-state index in [1.54, 1.807) is 42.5 Å². The molecular formula is C21H26N2O4S. The molecule has 0 spiro atoms. The van der Waals surface area contributed by atoms with Crippen LogP contribution in [0.15, 0.2) is 47.4 Å². The number of sulfonamides is 1. The highest BCUT2D eigenvalue weighted by Crippen LogP contribution is 2.23. The summed E-state index contributed by atoms with van der Waals surface area (Å²) in [4.78, 5) is 12.7. The predicted molar refractivity (Wildman–Crippen MR) is 109 cm³/mol. The number of ether oxygens (including phenoxy) is 1. The lowest BCUT2D eigenvalue weighted by molar-refractivity contribution is 0.102. The Morgan fingerprint density at radius 3 is 2.36 bits per heavy atom. The fraction of sp³-hybridized carbons (Fsp3) is 0.381. The normalized spacial score (nSPS) is 15.2. The van der Waals surface area contributed by atoms with E-state index in [1.807, 2.05) is 13.8 Å². The minimum atomic E-state index is -3.47. The van der Waals surface area contributed by atoms with Crippen molar-refractivity contribution in [1.29, 1.82) is 0 Å². The third kappa shape index (κ3) is 4.54. The summed E-state index contributed by atoms with van der Waals surface area (Å²) in [5.74, 6) is 0.504. The molecule has 1 N–H and O–H groups in total. The lowest BCUT2D eigenvalue weighted by atomic mass is 10.1. The van der Waals surface area contributed by atoms with Crippen molar-refractivity contribution in [3.8, 4) is 5.75 Å². The van der Waals surface area contributed by atoms with Crippen LogP contribution in [0.1, 0.15) is 42.1 Å². The number of benzene rings is 2. The van der Waals surface area contributed by atoms with E-state index in [1.165, 1.54) is 4.31 Å². The van der Waals surface area contributed by atoms with E-state index in [-0.39, 0.29) is 10.8 Å². The first kappa shape index (κ1) is 20.4. The maximum Gasteiger partial charge on any atom is 0.255 e. The van der Waals surface area contributed by atoms with Crippen LogP contribution in [0.2, 0.25) is 0 Å². The number of piperidine rings is 1. The van der Waals surface area contributed by atoms with Gasteiger partial charge in [-0.2, -0.15) is 4.31 Å². The molecule has 7 heteroatoms. The number of nitrogens with zero attached hydrogens (tertiary/aromatic N) is 1.